The van der Waals surface area contributed by atoms with Crippen LogP contribution in [0.1, 0.15) is 33.4 Å². The second-order valence-corrected chi connectivity index (χ2v) is 7.84. The van der Waals surface area contributed by atoms with Crippen LogP contribution in [-0.2, 0) is 4.74 Å². The predicted octanol–water partition coefficient (Wildman–Crippen LogP) is 3.10. The summed E-state index contributed by atoms with van der Waals surface area (Å²) < 4.78 is 7.21. The molecule has 4 heterocycles. The molecule has 1 aliphatic heterocycles. The number of hydrogen-bond donors (Lipinski definition) is 1. The average molecular weight is 379 g/mol. The zero-order valence-corrected chi connectivity index (χ0v) is 16.0. The van der Waals surface area contributed by atoms with Gasteiger partial charge >= 0.3 is 6.09 Å². The van der Waals surface area contributed by atoms with Crippen molar-refractivity contribution in [3.8, 4) is 17.3 Å². The lowest BCUT2D eigenvalue weighted by Crippen LogP contribution is -2.56. The number of amides is 1. The molecule has 2 unspecified atom stereocenters. The summed E-state index contributed by atoms with van der Waals surface area (Å²) in [4.78, 5) is 25.8. The monoisotopic (exact) mass is 379 g/mol. The molecule has 144 valence electrons. The summed E-state index contributed by atoms with van der Waals surface area (Å²) in [6.07, 6.45) is 6.46. The van der Waals surface area contributed by atoms with Gasteiger partial charge in [0, 0.05) is 42.2 Å². The Labute approximate surface area is 161 Å². The number of carbonyl (C=O) groups is 1. The molecule has 0 saturated carbocycles. The Morgan fingerprint density at radius 3 is 3.00 bits per heavy atom. The number of hydrogen-bond acceptors (Lipinski definition) is 6. The van der Waals surface area contributed by atoms with Crippen LogP contribution in [0.4, 0.5) is 4.79 Å². The van der Waals surface area contributed by atoms with Crippen LogP contribution in [0.2, 0.25) is 0 Å². The Morgan fingerprint density at radius 1 is 1.43 bits per heavy atom. The van der Waals surface area contributed by atoms with Gasteiger partial charge in [0.1, 0.15) is 23.7 Å². The molecule has 1 amide bonds. The Hall–Kier alpha value is -3.41. The van der Waals surface area contributed by atoms with Gasteiger partial charge < -0.3 is 9.72 Å². The third-order valence-corrected chi connectivity index (χ3v) is 4.65. The molecule has 0 radical (unpaired) electrons. The maximum Gasteiger partial charge on any atom is 0.412 e. The number of nitriles is 1. The first-order valence-corrected chi connectivity index (χ1v) is 9.06. The van der Waals surface area contributed by atoms with Crippen molar-refractivity contribution in [1.29, 1.82) is 5.26 Å². The molecule has 3 aromatic heterocycles. The molecule has 3 aromatic rings. The van der Waals surface area contributed by atoms with E-state index in [1.165, 1.54) is 6.33 Å². The maximum absolute atomic E-state index is 12.5. The first-order valence-electron chi connectivity index (χ1n) is 9.06. The van der Waals surface area contributed by atoms with E-state index in [1.807, 2.05) is 39.2 Å². The average Bonchev–Trinajstić information content (AvgIpc) is 3.25. The van der Waals surface area contributed by atoms with Crippen LogP contribution in [0, 0.1) is 17.2 Å². The van der Waals surface area contributed by atoms with Crippen LogP contribution in [0.3, 0.4) is 0 Å². The summed E-state index contributed by atoms with van der Waals surface area (Å²) >= 11 is 0. The summed E-state index contributed by atoms with van der Waals surface area (Å²) in [7, 11) is 0. The van der Waals surface area contributed by atoms with Gasteiger partial charge in [-0.15, -0.1) is 0 Å². The van der Waals surface area contributed by atoms with E-state index >= 15 is 0 Å². The van der Waals surface area contributed by atoms with E-state index in [-0.39, 0.29) is 12.1 Å². The van der Waals surface area contributed by atoms with Crippen molar-refractivity contribution >= 4 is 17.1 Å². The molecule has 1 N–H and O–H groups in total. The van der Waals surface area contributed by atoms with E-state index in [0.29, 0.717) is 13.0 Å². The molecule has 1 aliphatic rings. The first kappa shape index (κ1) is 18.0. The molecular weight excluding hydrogens is 358 g/mol. The van der Waals surface area contributed by atoms with E-state index in [1.54, 1.807) is 15.8 Å². The smallest absolute Gasteiger partial charge is 0.412 e. The third-order valence-electron chi connectivity index (χ3n) is 4.65. The summed E-state index contributed by atoms with van der Waals surface area (Å²) in [5.41, 5.74) is 1.74. The van der Waals surface area contributed by atoms with E-state index in [4.69, 9.17) is 10.00 Å². The quantitative estimate of drug-likeness (QED) is 0.748. The molecule has 2 atom stereocenters. The first-order chi connectivity index (χ1) is 13.4. The molecule has 4 rings (SSSR count). The third kappa shape index (κ3) is 3.17. The van der Waals surface area contributed by atoms with Crippen LogP contribution in [0.25, 0.3) is 22.3 Å². The van der Waals surface area contributed by atoms with Gasteiger partial charge in [0.2, 0.25) is 0 Å². The molecule has 0 aliphatic carbocycles. The maximum atomic E-state index is 12.5. The highest BCUT2D eigenvalue weighted by atomic mass is 16.6. The number of H-pyrrole nitrogens is 1. The van der Waals surface area contributed by atoms with E-state index in [2.05, 4.69) is 26.1 Å². The number of carbonyl (C=O) groups excluding carboxylic acids is 1. The number of rotatable bonds is 3. The van der Waals surface area contributed by atoms with Crippen molar-refractivity contribution in [1.82, 2.24) is 29.6 Å². The molecule has 0 spiro atoms. The van der Waals surface area contributed by atoms with Gasteiger partial charge in [0.15, 0.2) is 0 Å². The lowest BCUT2D eigenvalue weighted by Gasteiger charge is -2.46. The summed E-state index contributed by atoms with van der Waals surface area (Å²) in [6.45, 7) is 5.96. The predicted molar refractivity (Wildman–Crippen MR) is 101 cm³/mol. The number of ether oxygens (including phenoxy) is 1. The largest absolute Gasteiger partial charge is 0.444 e. The van der Waals surface area contributed by atoms with Gasteiger partial charge in [-0.2, -0.15) is 10.4 Å². The minimum atomic E-state index is -0.585. The number of aromatic nitrogens is 5. The van der Waals surface area contributed by atoms with Crippen molar-refractivity contribution in [3.05, 3.63) is 31.0 Å². The van der Waals surface area contributed by atoms with Gasteiger partial charge in [-0.1, -0.05) is 0 Å². The normalized spacial score (nSPS) is 19.3. The SMILES string of the molecule is CC(C)(C)OC(=O)N1CC(CC#N)C1n1cc(-c2ncnc3[nH]ccc23)cn1. The fourth-order valence-electron chi connectivity index (χ4n) is 3.43. The standard InChI is InChI=1S/C19H21N7O2/c1-19(2,3)28-18(27)25-9-12(4-6-20)17(25)26-10-13(8-24-26)15-14-5-7-21-16(14)23-11-22-15/h5,7-8,10-12,17H,4,9H2,1-3H3,(H,21,22,23). The van der Waals surface area contributed by atoms with Crippen molar-refractivity contribution in [2.75, 3.05) is 6.54 Å². The Bertz CT molecular complexity index is 1060. The van der Waals surface area contributed by atoms with Crippen LogP contribution in [0.15, 0.2) is 31.0 Å². The molecule has 1 fully saturated rings. The zero-order valence-electron chi connectivity index (χ0n) is 16.0. The van der Waals surface area contributed by atoms with Crippen LogP contribution in [0.5, 0.6) is 0 Å². The minimum absolute atomic E-state index is 0.00273. The van der Waals surface area contributed by atoms with Crippen LogP contribution >= 0.6 is 0 Å². The lowest BCUT2D eigenvalue weighted by atomic mass is 9.92. The van der Waals surface area contributed by atoms with Crippen molar-refractivity contribution in [2.45, 2.75) is 39.0 Å². The summed E-state index contributed by atoms with van der Waals surface area (Å²) in [5.74, 6) is 0.00273. The highest BCUT2D eigenvalue weighted by Gasteiger charge is 2.45. The second-order valence-electron chi connectivity index (χ2n) is 7.84. The Balaban J connectivity index is 1.64. The van der Waals surface area contributed by atoms with E-state index in [0.717, 1.165) is 22.3 Å². The van der Waals surface area contributed by atoms with Crippen LogP contribution < -0.4 is 0 Å². The Kier molecular flexibility index (Phi) is 4.26. The molecular formula is C19H21N7O2. The summed E-state index contributed by atoms with van der Waals surface area (Å²) in [5, 5.41) is 14.5. The zero-order chi connectivity index (χ0) is 19.9. The molecule has 9 heteroatoms. The van der Waals surface area contributed by atoms with E-state index < -0.39 is 11.7 Å². The number of nitrogens with zero attached hydrogens (tertiary/aromatic N) is 6. The fourth-order valence-corrected chi connectivity index (χ4v) is 3.43. The molecule has 0 bridgehead atoms. The van der Waals surface area contributed by atoms with Crippen molar-refractivity contribution in [2.24, 2.45) is 5.92 Å². The van der Waals surface area contributed by atoms with Gasteiger partial charge in [0.05, 0.1) is 18.0 Å². The highest BCUT2D eigenvalue weighted by molar-refractivity contribution is 5.90. The van der Waals surface area contributed by atoms with Crippen molar-refractivity contribution in [3.63, 3.8) is 0 Å². The Morgan fingerprint density at radius 2 is 2.25 bits per heavy atom. The number of aromatic amines is 1. The molecule has 28 heavy (non-hydrogen) atoms. The summed E-state index contributed by atoms with van der Waals surface area (Å²) in [6, 6.07) is 4.11. The van der Waals surface area contributed by atoms with Gasteiger partial charge in [0.25, 0.3) is 0 Å². The van der Waals surface area contributed by atoms with Gasteiger partial charge in [-0.25, -0.2) is 19.4 Å². The van der Waals surface area contributed by atoms with Gasteiger partial charge in [-0.3, -0.25) is 4.90 Å². The van der Waals surface area contributed by atoms with E-state index in [9.17, 15) is 4.79 Å². The van der Waals surface area contributed by atoms with Crippen LogP contribution in [-0.4, -0.2) is 47.9 Å². The van der Waals surface area contributed by atoms with Crippen molar-refractivity contribution < 1.29 is 9.53 Å². The highest BCUT2D eigenvalue weighted by Crippen LogP contribution is 2.38. The fraction of sp³-hybridized carbons (Fsp3) is 0.421. The number of likely N-dealkylation sites (tertiary alicyclic amines) is 1. The number of fused-ring (bicyclic) bond motifs is 1. The second kappa shape index (κ2) is 6.64. The topological polar surface area (TPSA) is 113 Å². The molecule has 1 saturated heterocycles. The number of nitrogens with one attached hydrogen (secondary N) is 1. The minimum Gasteiger partial charge on any atom is -0.444 e. The van der Waals surface area contributed by atoms with Gasteiger partial charge in [-0.05, 0) is 26.8 Å². The lowest BCUT2D eigenvalue weighted by molar-refractivity contribution is -0.0592. The molecule has 9 nitrogen and oxygen atoms in total. The molecule has 0 aromatic carbocycles.